The number of hydrogen-bond donors (Lipinski definition) is 0. The highest BCUT2D eigenvalue weighted by Crippen LogP contribution is 2.21. The molecular weight excluding hydrogens is 236 g/mol. The Hall–Kier alpha value is -1.42. The van der Waals surface area contributed by atoms with Crippen LogP contribution in [-0.4, -0.2) is 39.1 Å². The molecule has 0 aliphatic carbocycles. The zero-order chi connectivity index (χ0) is 13.2. The summed E-state index contributed by atoms with van der Waals surface area (Å²) in [5.74, 6) is 1.20. The van der Waals surface area contributed by atoms with E-state index in [1.807, 2.05) is 12.3 Å². The largest absolute Gasteiger partial charge is 0.313 e. The number of aromatic nitrogens is 3. The number of pyridine rings is 1. The third-order valence-electron chi connectivity index (χ3n) is 4.12. The second-order valence-corrected chi connectivity index (χ2v) is 5.51. The molecule has 2 aromatic rings. The van der Waals surface area contributed by atoms with E-state index in [0.717, 1.165) is 30.6 Å². The van der Waals surface area contributed by atoms with E-state index in [-0.39, 0.29) is 0 Å². The third kappa shape index (κ3) is 2.37. The van der Waals surface area contributed by atoms with Crippen LogP contribution in [0, 0.1) is 0 Å². The summed E-state index contributed by atoms with van der Waals surface area (Å²) in [7, 11) is 2.22. The Labute approximate surface area is 114 Å². The van der Waals surface area contributed by atoms with Gasteiger partial charge in [0.05, 0.1) is 0 Å². The average Bonchev–Trinajstić information content (AvgIpc) is 2.96. The molecule has 19 heavy (non-hydrogen) atoms. The number of rotatable bonds is 4. The Morgan fingerprint density at radius 1 is 1.42 bits per heavy atom. The minimum Gasteiger partial charge on any atom is -0.313 e. The zero-order valence-corrected chi connectivity index (χ0v) is 11.8. The maximum atomic E-state index is 4.80. The number of aryl methyl sites for hydroxylation is 1. The molecule has 0 amide bonds. The highest BCUT2D eigenvalue weighted by molar-refractivity contribution is 5.71. The highest BCUT2D eigenvalue weighted by atomic mass is 15.2. The lowest BCUT2D eigenvalue weighted by Crippen LogP contribution is -2.28. The molecule has 3 heterocycles. The van der Waals surface area contributed by atoms with Crippen molar-refractivity contribution in [3.8, 4) is 0 Å². The molecule has 1 atom stereocenters. The third-order valence-corrected chi connectivity index (χ3v) is 4.12. The number of likely N-dealkylation sites (N-methyl/N-ethyl adjacent to an activating group) is 1. The van der Waals surface area contributed by atoms with Gasteiger partial charge in [-0.1, -0.05) is 6.92 Å². The Morgan fingerprint density at radius 2 is 2.32 bits per heavy atom. The number of fused-ring (bicyclic) bond motifs is 1. The van der Waals surface area contributed by atoms with Gasteiger partial charge >= 0.3 is 0 Å². The van der Waals surface area contributed by atoms with E-state index in [1.165, 1.54) is 25.2 Å². The van der Waals surface area contributed by atoms with E-state index in [2.05, 4.69) is 34.5 Å². The molecule has 1 unspecified atom stereocenters. The van der Waals surface area contributed by atoms with Crippen LogP contribution >= 0.6 is 0 Å². The zero-order valence-electron chi connectivity index (χ0n) is 11.8. The second-order valence-electron chi connectivity index (χ2n) is 5.51. The molecule has 1 aliphatic rings. The number of imidazole rings is 1. The molecule has 0 saturated carbocycles. The lowest BCUT2D eigenvalue weighted by Gasteiger charge is -2.19. The standard InChI is InChI=1S/C15H22N4/c1-3-9-19-14(11-12-6-5-10-18(12)2)17-13-7-4-8-16-15(13)19/h4,7-8,12H,3,5-6,9-11H2,1-2H3. The van der Waals surface area contributed by atoms with Crippen LogP contribution in [0.5, 0.6) is 0 Å². The summed E-state index contributed by atoms with van der Waals surface area (Å²) < 4.78 is 2.31. The molecule has 2 aromatic heterocycles. The molecule has 102 valence electrons. The van der Waals surface area contributed by atoms with Gasteiger partial charge in [-0.3, -0.25) is 0 Å². The first-order valence-corrected chi connectivity index (χ1v) is 7.30. The van der Waals surface area contributed by atoms with Gasteiger partial charge in [0.25, 0.3) is 0 Å². The van der Waals surface area contributed by atoms with Crippen LogP contribution < -0.4 is 0 Å². The molecule has 0 N–H and O–H groups in total. The highest BCUT2D eigenvalue weighted by Gasteiger charge is 2.23. The van der Waals surface area contributed by atoms with Gasteiger partial charge in [0.2, 0.25) is 0 Å². The first-order valence-electron chi connectivity index (χ1n) is 7.30. The van der Waals surface area contributed by atoms with Crippen LogP contribution in [-0.2, 0) is 13.0 Å². The van der Waals surface area contributed by atoms with Crippen molar-refractivity contribution in [1.29, 1.82) is 0 Å². The van der Waals surface area contributed by atoms with Crippen molar-refractivity contribution < 1.29 is 0 Å². The minimum atomic E-state index is 0.646. The van der Waals surface area contributed by atoms with Crippen LogP contribution in [0.2, 0.25) is 0 Å². The van der Waals surface area contributed by atoms with Crippen LogP contribution in [0.1, 0.15) is 32.0 Å². The van der Waals surface area contributed by atoms with Gasteiger partial charge < -0.3 is 9.47 Å². The average molecular weight is 258 g/mol. The topological polar surface area (TPSA) is 34.0 Å². The molecule has 0 spiro atoms. The van der Waals surface area contributed by atoms with Crippen molar-refractivity contribution in [1.82, 2.24) is 19.4 Å². The number of likely N-dealkylation sites (tertiary alicyclic amines) is 1. The van der Waals surface area contributed by atoms with Crippen molar-refractivity contribution in [2.24, 2.45) is 0 Å². The van der Waals surface area contributed by atoms with Gasteiger partial charge in [-0.25, -0.2) is 9.97 Å². The molecule has 1 aliphatic heterocycles. The summed E-state index contributed by atoms with van der Waals surface area (Å²) in [4.78, 5) is 11.8. The van der Waals surface area contributed by atoms with Gasteiger partial charge in [0, 0.05) is 25.2 Å². The smallest absolute Gasteiger partial charge is 0.159 e. The predicted octanol–water partition coefficient (Wildman–Crippen LogP) is 2.48. The molecule has 4 nitrogen and oxygen atoms in total. The fourth-order valence-electron chi connectivity index (χ4n) is 3.07. The fourth-order valence-corrected chi connectivity index (χ4v) is 3.07. The monoisotopic (exact) mass is 258 g/mol. The summed E-state index contributed by atoms with van der Waals surface area (Å²) in [6.07, 6.45) is 6.64. The van der Waals surface area contributed by atoms with E-state index in [0.29, 0.717) is 6.04 Å². The predicted molar refractivity (Wildman–Crippen MR) is 77.2 cm³/mol. The van der Waals surface area contributed by atoms with Crippen LogP contribution in [0.3, 0.4) is 0 Å². The molecule has 3 rings (SSSR count). The Balaban J connectivity index is 1.95. The van der Waals surface area contributed by atoms with Crippen LogP contribution in [0.25, 0.3) is 11.2 Å². The minimum absolute atomic E-state index is 0.646. The van der Waals surface area contributed by atoms with Crippen molar-refractivity contribution >= 4 is 11.2 Å². The van der Waals surface area contributed by atoms with Crippen molar-refractivity contribution in [3.63, 3.8) is 0 Å². The van der Waals surface area contributed by atoms with E-state index in [1.54, 1.807) is 0 Å². The summed E-state index contributed by atoms with van der Waals surface area (Å²) >= 11 is 0. The van der Waals surface area contributed by atoms with E-state index in [9.17, 15) is 0 Å². The second kappa shape index (κ2) is 5.29. The Kier molecular flexibility index (Phi) is 3.51. The fraction of sp³-hybridized carbons (Fsp3) is 0.600. The Morgan fingerprint density at radius 3 is 3.05 bits per heavy atom. The molecule has 1 fully saturated rings. The normalized spacial score (nSPS) is 20.4. The lowest BCUT2D eigenvalue weighted by atomic mass is 10.1. The van der Waals surface area contributed by atoms with Crippen molar-refractivity contribution in [2.45, 2.75) is 45.2 Å². The van der Waals surface area contributed by atoms with Crippen LogP contribution in [0.4, 0.5) is 0 Å². The maximum absolute atomic E-state index is 4.80. The molecule has 4 heteroatoms. The van der Waals surface area contributed by atoms with Gasteiger partial charge in [-0.15, -0.1) is 0 Å². The summed E-state index contributed by atoms with van der Waals surface area (Å²) in [6, 6.07) is 4.68. The van der Waals surface area contributed by atoms with Gasteiger partial charge in [0.1, 0.15) is 11.3 Å². The molecule has 0 bridgehead atoms. The van der Waals surface area contributed by atoms with Crippen molar-refractivity contribution in [3.05, 3.63) is 24.2 Å². The molecular formula is C15H22N4. The van der Waals surface area contributed by atoms with Crippen molar-refractivity contribution in [2.75, 3.05) is 13.6 Å². The summed E-state index contributed by atoms with van der Waals surface area (Å²) in [5.41, 5.74) is 2.08. The van der Waals surface area contributed by atoms with E-state index >= 15 is 0 Å². The number of hydrogen-bond acceptors (Lipinski definition) is 3. The van der Waals surface area contributed by atoms with E-state index < -0.39 is 0 Å². The Bertz CT molecular complexity index is 560. The first-order chi connectivity index (χ1) is 9.29. The number of nitrogens with zero attached hydrogens (tertiary/aromatic N) is 4. The quantitative estimate of drug-likeness (QED) is 0.845. The van der Waals surface area contributed by atoms with E-state index in [4.69, 9.17) is 4.98 Å². The summed E-state index contributed by atoms with van der Waals surface area (Å²) in [6.45, 7) is 4.44. The molecule has 0 aromatic carbocycles. The summed E-state index contributed by atoms with van der Waals surface area (Å²) in [5, 5.41) is 0. The SMILES string of the molecule is CCCn1c(CC2CCCN2C)nc2cccnc21. The molecule has 1 saturated heterocycles. The van der Waals surface area contributed by atoms with Gasteiger partial charge in [-0.2, -0.15) is 0 Å². The first kappa shape index (κ1) is 12.6. The lowest BCUT2D eigenvalue weighted by molar-refractivity contribution is 0.303. The molecule has 0 radical (unpaired) electrons. The van der Waals surface area contributed by atoms with Gasteiger partial charge in [-0.05, 0) is 45.0 Å². The maximum Gasteiger partial charge on any atom is 0.159 e. The van der Waals surface area contributed by atoms with Gasteiger partial charge in [0.15, 0.2) is 5.65 Å². The van der Waals surface area contributed by atoms with Crippen LogP contribution in [0.15, 0.2) is 18.3 Å².